The Morgan fingerprint density at radius 3 is 2.45 bits per heavy atom. The summed E-state index contributed by atoms with van der Waals surface area (Å²) in [5.41, 5.74) is 0.664. The number of aromatic hydroxyl groups is 1. The smallest absolute Gasteiger partial charge is 0.331 e. The molecule has 0 aliphatic carbocycles. The van der Waals surface area contributed by atoms with E-state index in [1.807, 2.05) is 6.92 Å². The quantitative estimate of drug-likeness (QED) is 0.444. The van der Waals surface area contributed by atoms with Crippen molar-refractivity contribution >= 4 is 35.5 Å². The van der Waals surface area contributed by atoms with Crippen LogP contribution in [-0.2, 0) is 16.1 Å². The lowest BCUT2D eigenvalue weighted by molar-refractivity contribution is -0.130. The predicted molar refractivity (Wildman–Crippen MR) is 121 cm³/mol. The summed E-state index contributed by atoms with van der Waals surface area (Å²) >= 11 is 5.99. The van der Waals surface area contributed by atoms with Gasteiger partial charge in [0.05, 0.1) is 32.4 Å². The Kier molecular flexibility index (Phi) is 7.44. The van der Waals surface area contributed by atoms with Crippen molar-refractivity contribution in [3.05, 3.63) is 52.1 Å². The highest BCUT2D eigenvalue weighted by Crippen LogP contribution is 2.36. The van der Waals surface area contributed by atoms with Gasteiger partial charge >= 0.3 is 6.03 Å². The highest BCUT2D eigenvalue weighted by molar-refractivity contribution is 6.33. The monoisotopic (exact) mass is 474 g/mol. The van der Waals surface area contributed by atoms with Crippen LogP contribution in [0.3, 0.4) is 0 Å². The average molecular weight is 475 g/mol. The summed E-state index contributed by atoms with van der Waals surface area (Å²) in [6, 6.07) is 7.01. The summed E-state index contributed by atoms with van der Waals surface area (Å²) < 4.78 is 16.0. The van der Waals surface area contributed by atoms with Crippen molar-refractivity contribution in [2.24, 2.45) is 0 Å². The second-order valence-corrected chi connectivity index (χ2v) is 7.50. The summed E-state index contributed by atoms with van der Waals surface area (Å²) in [7, 11) is 2.83. The fourth-order valence-corrected chi connectivity index (χ4v) is 3.38. The van der Waals surface area contributed by atoms with Crippen LogP contribution in [0, 0.1) is 0 Å². The van der Waals surface area contributed by atoms with Crippen molar-refractivity contribution in [1.29, 1.82) is 0 Å². The van der Waals surface area contributed by atoms with Gasteiger partial charge in [-0.2, -0.15) is 0 Å². The van der Waals surface area contributed by atoms with Crippen molar-refractivity contribution in [3.63, 3.8) is 0 Å². The summed E-state index contributed by atoms with van der Waals surface area (Å²) in [4.78, 5) is 38.7. The first-order valence-corrected chi connectivity index (χ1v) is 10.4. The number of barbiturate groups is 1. The van der Waals surface area contributed by atoms with Crippen molar-refractivity contribution in [3.8, 4) is 23.0 Å². The fourth-order valence-electron chi connectivity index (χ4n) is 3.16. The van der Waals surface area contributed by atoms with E-state index in [4.69, 9.17) is 25.8 Å². The van der Waals surface area contributed by atoms with Crippen LogP contribution in [0.2, 0.25) is 5.02 Å². The fraction of sp³-hybridized carbons (Fsp3) is 0.261. The molecule has 1 aliphatic rings. The second kappa shape index (κ2) is 10.3. The minimum Gasteiger partial charge on any atom is -0.503 e. The Morgan fingerprint density at radius 1 is 1.06 bits per heavy atom. The van der Waals surface area contributed by atoms with Crippen molar-refractivity contribution in [2.75, 3.05) is 20.8 Å². The van der Waals surface area contributed by atoms with Gasteiger partial charge in [0.2, 0.25) is 0 Å². The van der Waals surface area contributed by atoms with Crippen molar-refractivity contribution < 1.29 is 33.7 Å². The third-order valence-electron chi connectivity index (χ3n) is 4.80. The molecule has 0 spiro atoms. The van der Waals surface area contributed by atoms with Crippen molar-refractivity contribution in [1.82, 2.24) is 10.2 Å². The number of carbonyl (C=O) groups excluding carboxylic acids is 3. The van der Waals surface area contributed by atoms with Gasteiger partial charge in [-0.1, -0.05) is 24.6 Å². The van der Waals surface area contributed by atoms with Crippen LogP contribution in [0.25, 0.3) is 6.08 Å². The Balaban J connectivity index is 1.90. The number of urea groups is 1. The van der Waals surface area contributed by atoms with Crippen LogP contribution in [0.1, 0.15) is 24.5 Å². The van der Waals surface area contributed by atoms with E-state index >= 15 is 0 Å². The summed E-state index contributed by atoms with van der Waals surface area (Å²) in [6.45, 7) is 2.40. The maximum atomic E-state index is 13.0. The predicted octanol–water partition coefficient (Wildman–Crippen LogP) is 3.51. The number of hydrogen-bond acceptors (Lipinski definition) is 7. The van der Waals surface area contributed by atoms with Gasteiger partial charge in [-0.15, -0.1) is 0 Å². The van der Waals surface area contributed by atoms with Crippen LogP contribution >= 0.6 is 11.6 Å². The normalized spacial score (nSPS) is 15.0. The van der Waals surface area contributed by atoms with E-state index in [2.05, 4.69) is 5.32 Å². The van der Waals surface area contributed by atoms with Gasteiger partial charge in [0.1, 0.15) is 5.57 Å². The molecule has 1 aliphatic heterocycles. The first-order valence-electron chi connectivity index (χ1n) is 10.0. The molecule has 1 saturated heterocycles. The zero-order valence-corrected chi connectivity index (χ0v) is 19.1. The molecule has 4 amide bonds. The minimum atomic E-state index is -0.842. The number of nitrogens with one attached hydrogen (secondary N) is 1. The molecule has 0 saturated carbocycles. The van der Waals surface area contributed by atoms with Crippen LogP contribution in [0.5, 0.6) is 23.0 Å². The topological polar surface area (TPSA) is 114 Å². The molecular weight excluding hydrogens is 452 g/mol. The van der Waals surface area contributed by atoms with E-state index in [1.54, 1.807) is 18.2 Å². The van der Waals surface area contributed by atoms with E-state index in [0.29, 0.717) is 29.2 Å². The van der Waals surface area contributed by atoms with E-state index in [-0.39, 0.29) is 28.6 Å². The van der Waals surface area contributed by atoms with Crippen LogP contribution < -0.4 is 19.5 Å². The molecule has 0 unspecified atom stereocenters. The second-order valence-electron chi connectivity index (χ2n) is 7.10. The number of rotatable bonds is 8. The molecule has 2 aromatic rings. The summed E-state index contributed by atoms with van der Waals surface area (Å²) in [6.07, 6.45) is 2.10. The van der Waals surface area contributed by atoms with Crippen LogP contribution in [-0.4, -0.2) is 48.7 Å². The highest BCUT2D eigenvalue weighted by atomic mass is 35.5. The lowest BCUT2D eigenvalue weighted by atomic mass is 10.1. The number of carbonyl (C=O) groups is 3. The van der Waals surface area contributed by atoms with Gasteiger partial charge in [-0.3, -0.25) is 19.8 Å². The number of benzene rings is 2. The number of ether oxygens (including phenoxy) is 3. The van der Waals surface area contributed by atoms with Gasteiger partial charge < -0.3 is 19.3 Å². The number of amides is 4. The number of imide groups is 2. The Bertz CT molecular complexity index is 1130. The highest BCUT2D eigenvalue weighted by Gasteiger charge is 2.36. The Labute approximate surface area is 195 Å². The number of halogens is 1. The molecular formula is C23H23ClN2O7. The molecule has 174 valence electrons. The van der Waals surface area contributed by atoms with Crippen LogP contribution in [0.15, 0.2) is 35.9 Å². The van der Waals surface area contributed by atoms with E-state index < -0.39 is 17.8 Å². The Morgan fingerprint density at radius 2 is 1.79 bits per heavy atom. The molecule has 10 heteroatoms. The zero-order chi connectivity index (χ0) is 24.1. The minimum absolute atomic E-state index is 0.0183. The number of phenolic OH excluding ortho intramolecular Hbond substituents is 1. The lowest BCUT2D eigenvalue weighted by Gasteiger charge is -2.26. The van der Waals surface area contributed by atoms with Gasteiger partial charge in [0.15, 0.2) is 23.0 Å². The summed E-state index contributed by atoms with van der Waals surface area (Å²) in [5, 5.41) is 12.0. The number of phenols is 1. The first-order chi connectivity index (χ1) is 15.8. The summed E-state index contributed by atoms with van der Waals surface area (Å²) in [5.74, 6) is -0.807. The van der Waals surface area contributed by atoms with Gasteiger partial charge in [-0.25, -0.2) is 4.79 Å². The van der Waals surface area contributed by atoms with E-state index in [9.17, 15) is 19.5 Å². The molecule has 0 bridgehead atoms. The lowest BCUT2D eigenvalue weighted by Crippen LogP contribution is -2.53. The third-order valence-corrected chi connectivity index (χ3v) is 5.09. The third kappa shape index (κ3) is 5.20. The SMILES string of the molecule is CCCOc1ccc(CN2C(=O)NC(=O)/C(=C\c3cc(Cl)c(O)c(OC)c3)C2=O)cc1OC. The molecule has 9 nitrogen and oxygen atoms in total. The number of methoxy groups -OCH3 is 2. The zero-order valence-electron chi connectivity index (χ0n) is 18.3. The molecule has 0 radical (unpaired) electrons. The maximum Gasteiger partial charge on any atom is 0.331 e. The molecule has 0 aromatic heterocycles. The average Bonchev–Trinajstić information content (AvgIpc) is 2.80. The molecule has 1 heterocycles. The van der Waals surface area contributed by atoms with Crippen molar-refractivity contribution in [2.45, 2.75) is 19.9 Å². The maximum absolute atomic E-state index is 13.0. The van der Waals surface area contributed by atoms with Gasteiger partial charge in [-0.05, 0) is 47.9 Å². The van der Waals surface area contributed by atoms with Gasteiger partial charge in [0.25, 0.3) is 11.8 Å². The largest absolute Gasteiger partial charge is 0.503 e. The molecule has 0 atom stereocenters. The molecule has 1 fully saturated rings. The standard InChI is InChI=1S/C23H23ClN2O7/c1-4-7-33-17-6-5-13(10-18(17)31-2)12-26-22(29)15(21(28)25-23(26)30)8-14-9-16(24)20(27)19(11-14)32-3/h5-6,8-11,27H,4,7,12H2,1-3H3,(H,25,28,30)/b15-8+. The van der Waals surface area contributed by atoms with E-state index in [1.165, 1.54) is 32.4 Å². The van der Waals surface area contributed by atoms with E-state index in [0.717, 1.165) is 11.3 Å². The Hall–Kier alpha value is -3.72. The van der Waals surface area contributed by atoms with Gasteiger partial charge in [0, 0.05) is 0 Å². The molecule has 2 N–H and O–H groups in total. The number of hydrogen-bond donors (Lipinski definition) is 2. The first kappa shape index (κ1) is 23.9. The number of nitrogens with zero attached hydrogens (tertiary/aromatic N) is 1. The molecule has 2 aromatic carbocycles. The molecule has 33 heavy (non-hydrogen) atoms. The van der Waals surface area contributed by atoms with Crippen LogP contribution in [0.4, 0.5) is 4.79 Å². The molecule has 3 rings (SSSR count).